The highest BCUT2D eigenvalue weighted by atomic mass is 19.2. The summed E-state index contributed by atoms with van der Waals surface area (Å²) in [4.78, 5) is 0. The van der Waals surface area contributed by atoms with Gasteiger partial charge in [0, 0.05) is 11.1 Å². The zero-order valence-electron chi connectivity index (χ0n) is 17.9. The molecule has 168 valence electrons. The van der Waals surface area contributed by atoms with Gasteiger partial charge in [-0.2, -0.15) is 0 Å². The maximum absolute atomic E-state index is 14.9. The smallest absolute Gasteiger partial charge is 0.194 e. The second-order valence-electron chi connectivity index (χ2n) is 7.94. The molecule has 0 atom stereocenters. The van der Waals surface area contributed by atoms with Crippen LogP contribution in [0.4, 0.5) is 22.0 Å². The van der Waals surface area contributed by atoms with E-state index >= 15 is 0 Å². The Labute approximate surface area is 189 Å². The highest BCUT2D eigenvalue weighted by Gasteiger charge is 2.16. The summed E-state index contributed by atoms with van der Waals surface area (Å²) in [6.07, 6.45) is 3.24. The van der Waals surface area contributed by atoms with Gasteiger partial charge in [0.05, 0.1) is 0 Å². The predicted octanol–water partition coefficient (Wildman–Crippen LogP) is 8.73. The SMILES string of the molecule is CCCCc1ccc(-c2ccc(-c3ccc(-c4cc(F)c(F)c(F)c4)c(F)c3)c(F)c2)cc1. The standard InChI is InChI=1S/C28H21F5/c1-2-3-4-17-5-7-18(8-6-17)19-9-11-22(24(29)13-19)20-10-12-23(25(30)14-20)21-15-26(31)28(33)27(32)16-21/h5-16H,2-4H2,1H3. The van der Waals surface area contributed by atoms with Gasteiger partial charge in [0.25, 0.3) is 0 Å². The van der Waals surface area contributed by atoms with Gasteiger partial charge in [-0.3, -0.25) is 0 Å². The Morgan fingerprint density at radius 1 is 0.515 bits per heavy atom. The van der Waals surface area contributed by atoms with Crippen molar-refractivity contribution in [3.63, 3.8) is 0 Å². The van der Waals surface area contributed by atoms with Gasteiger partial charge in [-0.25, -0.2) is 22.0 Å². The molecule has 0 aliphatic heterocycles. The van der Waals surface area contributed by atoms with Crippen molar-refractivity contribution in [2.45, 2.75) is 26.2 Å². The Morgan fingerprint density at radius 3 is 1.58 bits per heavy atom. The van der Waals surface area contributed by atoms with Crippen LogP contribution in [0.2, 0.25) is 0 Å². The lowest BCUT2D eigenvalue weighted by Gasteiger charge is -2.10. The Morgan fingerprint density at radius 2 is 1.00 bits per heavy atom. The molecule has 4 aromatic carbocycles. The molecule has 0 aliphatic carbocycles. The highest BCUT2D eigenvalue weighted by molar-refractivity contribution is 5.74. The van der Waals surface area contributed by atoms with Crippen molar-refractivity contribution in [2.24, 2.45) is 0 Å². The average Bonchev–Trinajstić information content (AvgIpc) is 2.81. The first-order valence-electron chi connectivity index (χ1n) is 10.7. The molecule has 0 unspecified atom stereocenters. The van der Waals surface area contributed by atoms with E-state index in [4.69, 9.17) is 0 Å². The van der Waals surface area contributed by atoms with Gasteiger partial charge in [-0.1, -0.05) is 61.9 Å². The molecule has 33 heavy (non-hydrogen) atoms. The highest BCUT2D eigenvalue weighted by Crippen LogP contribution is 2.32. The Kier molecular flexibility index (Phi) is 6.59. The summed E-state index contributed by atoms with van der Waals surface area (Å²) in [5, 5.41) is 0. The van der Waals surface area contributed by atoms with Crippen LogP contribution in [0.25, 0.3) is 33.4 Å². The second kappa shape index (κ2) is 9.57. The third-order valence-corrected chi connectivity index (χ3v) is 5.65. The molecule has 0 heterocycles. The van der Waals surface area contributed by atoms with E-state index in [1.165, 1.54) is 23.8 Å². The fourth-order valence-electron chi connectivity index (χ4n) is 3.80. The molecule has 0 aromatic heterocycles. The molecule has 4 aromatic rings. The van der Waals surface area contributed by atoms with E-state index in [-0.39, 0.29) is 22.3 Å². The van der Waals surface area contributed by atoms with E-state index in [1.807, 2.05) is 24.3 Å². The van der Waals surface area contributed by atoms with E-state index in [1.54, 1.807) is 12.1 Å². The molecular weight excluding hydrogens is 431 g/mol. The first-order chi connectivity index (χ1) is 15.9. The van der Waals surface area contributed by atoms with Gasteiger partial charge in [-0.15, -0.1) is 0 Å². The van der Waals surface area contributed by atoms with E-state index in [9.17, 15) is 22.0 Å². The van der Waals surface area contributed by atoms with Gasteiger partial charge >= 0.3 is 0 Å². The van der Waals surface area contributed by atoms with E-state index in [0.29, 0.717) is 5.56 Å². The molecule has 4 rings (SSSR count). The molecule has 0 nitrogen and oxygen atoms in total. The van der Waals surface area contributed by atoms with Crippen LogP contribution >= 0.6 is 0 Å². The lowest BCUT2D eigenvalue weighted by molar-refractivity contribution is 0.447. The van der Waals surface area contributed by atoms with Crippen molar-refractivity contribution in [3.05, 3.63) is 107 Å². The lowest BCUT2D eigenvalue weighted by atomic mass is 9.96. The van der Waals surface area contributed by atoms with Gasteiger partial charge in [0.1, 0.15) is 11.6 Å². The number of benzene rings is 4. The molecule has 5 heteroatoms. The van der Waals surface area contributed by atoms with Crippen LogP contribution in [-0.4, -0.2) is 0 Å². The summed E-state index contributed by atoms with van der Waals surface area (Å²) in [6.45, 7) is 2.14. The average molecular weight is 452 g/mol. The largest absolute Gasteiger partial charge is 0.206 e. The van der Waals surface area contributed by atoms with Crippen molar-refractivity contribution in [3.8, 4) is 33.4 Å². The topological polar surface area (TPSA) is 0 Å². The summed E-state index contributed by atoms with van der Waals surface area (Å²) in [7, 11) is 0. The van der Waals surface area contributed by atoms with Crippen molar-refractivity contribution >= 4 is 0 Å². The monoisotopic (exact) mass is 452 g/mol. The number of hydrogen-bond donors (Lipinski definition) is 0. The van der Waals surface area contributed by atoms with Crippen molar-refractivity contribution in [1.29, 1.82) is 0 Å². The third kappa shape index (κ3) is 4.82. The molecule has 0 saturated heterocycles. The second-order valence-corrected chi connectivity index (χ2v) is 7.94. The fraction of sp³-hybridized carbons (Fsp3) is 0.143. The van der Waals surface area contributed by atoms with Crippen LogP contribution < -0.4 is 0 Å². The predicted molar refractivity (Wildman–Crippen MR) is 121 cm³/mol. The van der Waals surface area contributed by atoms with E-state index < -0.39 is 29.1 Å². The first-order valence-corrected chi connectivity index (χ1v) is 10.7. The van der Waals surface area contributed by atoms with Crippen LogP contribution in [0.15, 0.2) is 72.8 Å². The maximum Gasteiger partial charge on any atom is 0.194 e. The Balaban J connectivity index is 1.61. The van der Waals surface area contributed by atoms with Crippen molar-refractivity contribution in [2.75, 3.05) is 0 Å². The van der Waals surface area contributed by atoms with Crippen molar-refractivity contribution in [1.82, 2.24) is 0 Å². The van der Waals surface area contributed by atoms with Gasteiger partial charge in [-0.05, 0) is 64.9 Å². The van der Waals surface area contributed by atoms with Gasteiger partial charge < -0.3 is 0 Å². The number of halogens is 5. The summed E-state index contributed by atoms with van der Waals surface area (Å²) in [5.41, 5.74) is 3.02. The summed E-state index contributed by atoms with van der Waals surface area (Å²) >= 11 is 0. The number of unbranched alkanes of at least 4 members (excludes halogenated alkanes) is 1. The minimum atomic E-state index is -1.62. The third-order valence-electron chi connectivity index (χ3n) is 5.65. The molecule has 0 fully saturated rings. The minimum absolute atomic E-state index is 0.114. The number of hydrogen-bond acceptors (Lipinski definition) is 0. The molecule has 0 saturated carbocycles. The van der Waals surface area contributed by atoms with E-state index in [0.717, 1.165) is 43.0 Å². The molecule has 0 bridgehead atoms. The van der Waals surface area contributed by atoms with Crippen LogP contribution in [0.1, 0.15) is 25.3 Å². The van der Waals surface area contributed by atoms with Crippen LogP contribution in [0, 0.1) is 29.1 Å². The van der Waals surface area contributed by atoms with Crippen molar-refractivity contribution < 1.29 is 22.0 Å². The Bertz CT molecular complexity index is 1270. The summed E-state index contributed by atoms with van der Waals surface area (Å²) < 4.78 is 69.9. The molecule has 0 aliphatic rings. The lowest BCUT2D eigenvalue weighted by Crippen LogP contribution is -1.94. The molecule has 0 spiro atoms. The quantitative estimate of drug-likeness (QED) is 0.203. The molecule has 0 amide bonds. The van der Waals surface area contributed by atoms with E-state index in [2.05, 4.69) is 6.92 Å². The summed E-state index contributed by atoms with van der Waals surface area (Å²) in [5.74, 6) is -5.76. The number of aryl methyl sites for hydroxylation is 1. The normalized spacial score (nSPS) is 11.1. The zero-order chi connectivity index (χ0) is 23.5. The Hall–Kier alpha value is -3.47. The first kappa shape index (κ1) is 22.7. The summed E-state index contributed by atoms with van der Waals surface area (Å²) in [6, 6.07) is 18.0. The van der Waals surface area contributed by atoms with Gasteiger partial charge in [0.2, 0.25) is 0 Å². The van der Waals surface area contributed by atoms with Crippen LogP contribution in [0.5, 0.6) is 0 Å². The molecular formula is C28H21F5. The maximum atomic E-state index is 14.9. The van der Waals surface area contributed by atoms with Crippen LogP contribution in [-0.2, 0) is 6.42 Å². The minimum Gasteiger partial charge on any atom is -0.206 e. The molecule has 0 N–H and O–H groups in total. The zero-order valence-corrected chi connectivity index (χ0v) is 17.9. The molecule has 0 radical (unpaired) electrons. The van der Waals surface area contributed by atoms with Gasteiger partial charge in [0.15, 0.2) is 17.5 Å². The van der Waals surface area contributed by atoms with Crippen LogP contribution in [0.3, 0.4) is 0 Å². The number of rotatable bonds is 6. The fourth-order valence-corrected chi connectivity index (χ4v) is 3.80.